The number of methoxy groups -OCH3 is 1. The van der Waals surface area contributed by atoms with Crippen LogP contribution in [0.5, 0.6) is 5.75 Å². The maximum atomic E-state index is 12.3. The Morgan fingerprint density at radius 2 is 2.08 bits per heavy atom. The smallest absolute Gasteiger partial charge is 0.326 e. The number of carboxylic acid groups (broad SMARTS) is 1. The highest BCUT2D eigenvalue weighted by Crippen LogP contribution is 2.25. The topological polar surface area (TPSA) is 111 Å². The van der Waals surface area contributed by atoms with Crippen molar-refractivity contribution < 1.29 is 19.4 Å². The first-order chi connectivity index (χ1) is 11.8. The molecule has 0 heterocycles. The van der Waals surface area contributed by atoms with Gasteiger partial charge in [-0.25, -0.2) is 4.79 Å². The van der Waals surface area contributed by atoms with Gasteiger partial charge in [0.1, 0.15) is 23.4 Å². The largest absolute Gasteiger partial charge is 0.495 e. The Kier molecular flexibility index (Phi) is 7.47. The Labute approximate surface area is 147 Å². The lowest BCUT2D eigenvalue weighted by Gasteiger charge is -2.15. The van der Waals surface area contributed by atoms with E-state index < -0.39 is 17.9 Å². The molecule has 0 bridgehead atoms. The first-order valence-electron chi connectivity index (χ1n) is 7.83. The number of carboxylic acids is 1. The maximum absolute atomic E-state index is 12.3. The predicted molar refractivity (Wildman–Crippen MR) is 94.1 cm³/mol. The van der Waals surface area contributed by atoms with Crippen LogP contribution in [0.3, 0.4) is 0 Å². The highest BCUT2D eigenvalue weighted by atomic mass is 16.5. The molecule has 0 aromatic heterocycles. The number of anilines is 1. The molecular formula is C18H23N3O4. The lowest BCUT2D eigenvalue weighted by Crippen LogP contribution is -2.35. The summed E-state index contributed by atoms with van der Waals surface area (Å²) in [5.74, 6) is -1.07. The van der Waals surface area contributed by atoms with Crippen molar-refractivity contribution in [1.82, 2.24) is 5.32 Å². The lowest BCUT2D eigenvalue weighted by atomic mass is 10.0. The van der Waals surface area contributed by atoms with Crippen molar-refractivity contribution >= 4 is 17.6 Å². The quantitative estimate of drug-likeness (QED) is 0.493. The fraction of sp³-hybridized carbons (Fsp3) is 0.389. The monoisotopic (exact) mass is 345 g/mol. The molecule has 1 rings (SSSR count). The van der Waals surface area contributed by atoms with Crippen molar-refractivity contribution in [2.45, 2.75) is 33.2 Å². The first kappa shape index (κ1) is 20.0. The zero-order valence-electron chi connectivity index (χ0n) is 14.8. The number of aliphatic carboxylic acids is 1. The molecule has 0 saturated carbocycles. The fourth-order valence-corrected chi connectivity index (χ4v) is 2.15. The summed E-state index contributed by atoms with van der Waals surface area (Å²) in [7, 11) is 1.48. The Balaban J connectivity index is 2.92. The number of nitrogens with one attached hydrogen (secondary N) is 2. The third-order valence-corrected chi connectivity index (χ3v) is 3.40. The number of hydrogen-bond donors (Lipinski definition) is 3. The van der Waals surface area contributed by atoms with Crippen LogP contribution < -0.4 is 15.4 Å². The van der Waals surface area contributed by atoms with Gasteiger partial charge in [0.05, 0.1) is 12.8 Å². The molecule has 1 aromatic carbocycles. The van der Waals surface area contributed by atoms with E-state index in [-0.39, 0.29) is 11.5 Å². The minimum atomic E-state index is -1.04. The van der Waals surface area contributed by atoms with Crippen LogP contribution in [0.15, 0.2) is 30.0 Å². The van der Waals surface area contributed by atoms with Crippen LogP contribution in [-0.2, 0) is 9.59 Å². The summed E-state index contributed by atoms with van der Waals surface area (Å²) < 4.78 is 5.18. The van der Waals surface area contributed by atoms with Crippen LogP contribution in [0.4, 0.5) is 5.69 Å². The molecule has 7 heteroatoms. The average Bonchev–Trinajstić information content (AvgIpc) is 2.54. The van der Waals surface area contributed by atoms with E-state index in [9.17, 15) is 20.0 Å². The van der Waals surface area contributed by atoms with Crippen LogP contribution in [0.1, 0.15) is 25.8 Å². The molecule has 3 N–H and O–H groups in total. The second-order valence-corrected chi connectivity index (χ2v) is 6.01. The van der Waals surface area contributed by atoms with Crippen molar-refractivity contribution in [2.24, 2.45) is 5.92 Å². The standard InChI is InChI=1S/C18H23N3O4/c1-11(2)7-15(18(23)24)20-10-13(9-19)17(22)21-14-8-12(3)5-6-16(14)25-4/h5-6,8,10-11,15,20H,7H2,1-4H3,(H,21,22)(H,23,24)/b13-10-. The minimum absolute atomic E-state index is 0.151. The average molecular weight is 345 g/mol. The van der Waals surface area contributed by atoms with E-state index in [1.54, 1.807) is 18.2 Å². The van der Waals surface area contributed by atoms with Gasteiger partial charge in [0, 0.05) is 6.20 Å². The number of rotatable bonds is 8. The van der Waals surface area contributed by atoms with Crippen LogP contribution in [0, 0.1) is 24.2 Å². The summed E-state index contributed by atoms with van der Waals surface area (Å²) in [6.45, 7) is 5.65. The SMILES string of the molecule is COc1ccc(C)cc1NC(=O)/C(C#N)=C\NC(CC(C)C)C(=O)O. The summed E-state index contributed by atoms with van der Waals surface area (Å²) in [6.07, 6.45) is 1.51. The van der Waals surface area contributed by atoms with E-state index in [1.165, 1.54) is 7.11 Å². The molecule has 0 radical (unpaired) electrons. The van der Waals surface area contributed by atoms with E-state index in [2.05, 4.69) is 10.6 Å². The zero-order chi connectivity index (χ0) is 19.0. The number of benzene rings is 1. The van der Waals surface area contributed by atoms with E-state index in [0.29, 0.717) is 17.9 Å². The van der Waals surface area contributed by atoms with Crippen molar-refractivity contribution in [2.75, 3.05) is 12.4 Å². The Morgan fingerprint density at radius 3 is 2.60 bits per heavy atom. The van der Waals surface area contributed by atoms with Crippen LogP contribution in [0.2, 0.25) is 0 Å². The van der Waals surface area contributed by atoms with Gasteiger partial charge in [-0.15, -0.1) is 0 Å². The molecule has 25 heavy (non-hydrogen) atoms. The summed E-state index contributed by atoms with van der Waals surface area (Å²) in [5, 5.41) is 23.6. The number of aryl methyl sites for hydroxylation is 1. The van der Waals surface area contributed by atoms with E-state index in [4.69, 9.17) is 4.74 Å². The Hall–Kier alpha value is -3.01. The van der Waals surface area contributed by atoms with Crippen molar-refractivity contribution in [3.8, 4) is 11.8 Å². The number of carbonyl (C=O) groups excluding carboxylic acids is 1. The fourth-order valence-electron chi connectivity index (χ4n) is 2.15. The van der Waals surface area contributed by atoms with Gasteiger partial charge in [0.25, 0.3) is 5.91 Å². The lowest BCUT2D eigenvalue weighted by molar-refractivity contribution is -0.139. The molecular weight excluding hydrogens is 322 g/mol. The summed E-state index contributed by atoms with van der Waals surface area (Å²) >= 11 is 0. The second kappa shape index (κ2) is 9.33. The van der Waals surface area contributed by atoms with Gasteiger partial charge >= 0.3 is 5.97 Å². The molecule has 0 saturated heterocycles. The zero-order valence-corrected chi connectivity index (χ0v) is 14.8. The molecule has 0 aliphatic carbocycles. The molecule has 0 aliphatic heterocycles. The molecule has 1 unspecified atom stereocenters. The third kappa shape index (κ3) is 6.18. The van der Waals surface area contributed by atoms with Crippen LogP contribution in [0.25, 0.3) is 0 Å². The van der Waals surface area contributed by atoms with Gasteiger partial charge in [0.15, 0.2) is 0 Å². The van der Waals surface area contributed by atoms with E-state index in [0.717, 1.165) is 11.8 Å². The van der Waals surface area contributed by atoms with Gasteiger partial charge < -0.3 is 20.5 Å². The molecule has 1 atom stereocenters. The van der Waals surface area contributed by atoms with Gasteiger partial charge in [0.2, 0.25) is 0 Å². The first-order valence-corrected chi connectivity index (χ1v) is 7.83. The Morgan fingerprint density at radius 1 is 1.40 bits per heavy atom. The number of carbonyl (C=O) groups is 2. The maximum Gasteiger partial charge on any atom is 0.326 e. The van der Waals surface area contributed by atoms with Crippen LogP contribution in [-0.4, -0.2) is 30.1 Å². The molecule has 0 spiro atoms. The van der Waals surface area contributed by atoms with Gasteiger partial charge in [-0.2, -0.15) is 5.26 Å². The van der Waals surface area contributed by atoms with Crippen molar-refractivity contribution in [3.63, 3.8) is 0 Å². The number of nitriles is 1. The van der Waals surface area contributed by atoms with Gasteiger partial charge in [-0.3, -0.25) is 4.79 Å². The highest BCUT2D eigenvalue weighted by molar-refractivity contribution is 6.07. The highest BCUT2D eigenvalue weighted by Gasteiger charge is 2.19. The van der Waals surface area contributed by atoms with Gasteiger partial charge in [-0.05, 0) is 37.0 Å². The molecule has 0 aliphatic rings. The molecule has 1 aromatic rings. The number of ether oxygens (including phenoxy) is 1. The number of amides is 1. The Bertz CT molecular complexity index is 705. The summed E-state index contributed by atoms with van der Waals surface area (Å²) in [5.41, 5.74) is 1.13. The molecule has 7 nitrogen and oxygen atoms in total. The van der Waals surface area contributed by atoms with E-state index >= 15 is 0 Å². The van der Waals surface area contributed by atoms with Crippen molar-refractivity contribution in [3.05, 3.63) is 35.5 Å². The van der Waals surface area contributed by atoms with E-state index in [1.807, 2.05) is 26.8 Å². The normalized spacial score (nSPS) is 12.2. The van der Waals surface area contributed by atoms with Crippen molar-refractivity contribution in [1.29, 1.82) is 5.26 Å². The molecule has 0 fully saturated rings. The minimum Gasteiger partial charge on any atom is -0.495 e. The number of hydrogen-bond acceptors (Lipinski definition) is 5. The van der Waals surface area contributed by atoms with Crippen LogP contribution >= 0.6 is 0 Å². The molecule has 134 valence electrons. The second-order valence-electron chi connectivity index (χ2n) is 6.01. The number of nitrogens with zero attached hydrogens (tertiary/aromatic N) is 1. The summed E-state index contributed by atoms with van der Waals surface area (Å²) in [4.78, 5) is 23.5. The summed E-state index contributed by atoms with van der Waals surface area (Å²) in [6, 6.07) is 6.17. The third-order valence-electron chi connectivity index (χ3n) is 3.40. The van der Waals surface area contributed by atoms with Gasteiger partial charge in [-0.1, -0.05) is 19.9 Å². The predicted octanol–water partition coefficient (Wildman–Crippen LogP) is 2.44. The molecule has 1 amide bonds.